The molecule has 2 aliphatic rings. The van der Waals surface area contributed by atoms with Crippen LogP contribution in [0.4, 0.5) is 0 Å². The zero-order chi connectivity index (χ0) is 13.0. The largest absolute Gasteiger partial charge is 0.388 e. The third-order valence-electron chi connectivity index (χ3n) is 5.18. The molecule has 0 bridgehead atoms. The molecule has 0 aromatic carbocycles. The van der Waals surface area contributed by atoms with Gasteiger partial charge in [0.2, 0.25) is 0 Å². The van der Waals surface area contributed by atoms with Gasteiger partial charge < -0.3 is 15.7 Å². The van der Waals surface area contributed by atoms with Gasteiger partial charge in [0.15, 0.2) is 0 Å². The fraction of sp³-hybridized carbons (Fsp3) is 1.00. The fourth-order valence-electron chi connectivity index (χ4n) is 3.91. The topological polar surface area (TPSA) is 49.5 Å². The van der Waals surface area contributed by atoms with E-state index in [1.807, 2.05) is 0 Å². The molecule has 2 atom stereocenters. The maximum absolute atomic E-state index is 10.4. The first-order valence-electron chi connectivity index (χ1n) is 7.75. The lowest BCUT2D eigenvalue weighted by molar-refractivity contribution is 0.00500. The van der Waals surface area contributed by atoms with Gasteiger partial charge in [0.05, 0.1) is 5.60 Å². The highest BCUT2D eigenvalue weighted by Crippen LogP contribution is 2.37. The molecule has 3 heteroatoms. The molecule has 2 saturated carbocycles. The number of aliphatic hydroxyl groups is 1. The van der Waals surface area contributed by atoms with E-state index in [2.05, 4.69) is 11.9 Å². The molecule has 0 aromatic rings. The zero-order valence-electron chi connectivity index (χ0n) is 11.9. The first kappa shape index (κ1) is 14.3. The highest BCUT2D eigenvalue weighted by atomic mass is 16.3. The Kier molecular flexibility index (Phi) is 5.05. The average Bonchev–Trinajstić information content (AvgIpc) is 2.97. The highest BCUT2D eigenvalue weighted by molar-refractivity contribution is 4.93. The van der Waals surface area contributed by atoms with E-state index in [1.165, 1.54) is 32.2 Å². The standard InChI is InChI=1S/C15H30N2O/c1-17(11-13-5-2-3-6-13)10-8-14-7-4-9-15(14,18)12-16/h13-14,18H,2-12,16H2,1H3. The van der Waals surface area contributed by atoms with Crippen LogP contribution < -0.4 is 5.73 Å². The molecule has 2 aliphatic carbocycles. The van der Waals surface area contributed by atoms with Gasteiger partial charge in [-0.3, -0.25) is 0 Å². The summed E-state index contributed by atoms with van der Waals surface area (Å²) in [5, 5.41) is 10.4. The Morgan fingerprint density at radius 3 is 2.61 bits per heavy atom. The molecule has 2 unspecified atom stereocenters. The van der Waals surface area contributed by atoms with E-state index in [1.54, 1.807) is 0 Å². The van der Waals surface area contributed by atoms with Gasteiger partial charge in [0.1, 0.15) is 0 Å². The van der Waals surface area contributed by atoms with Crippen LogP contribution in [0, 0.1) is 11.8 Å². The van der Waals surface area contributed by atoms with Gasteiger partial charge in [0.25, 0.3) is 0 Å². The van der Waals surface area contributed by atoms with Crippen molar-refractivity contribution in [2.75, 3.05) is 26.7 Å². The second-order valence-electron chi connectivity index (χ2n) is 6.60. The predicted molar refractivity (Wildman–Crippen MR) is 75.4 cm³/mol. The number of nitrogens with zero attached hydrogens (tertiary/aromatic N) is 1. The van der Waals surface area contributed by atoms with Gasteiger partial charge in [-0.1, -0.05) is 19.3 Å². The molecule has 106 valence electrons. The van der Waals surface area contributed by atoms with Gasteiger partial charge in [-0.25, -0.2) is 0 Å². The summed E-state index contributed by atoms with van der Waals surface area (Å²) in [4.78, 5) is 2.46. The Morgan fingerprint density at radius 2 is 1.94 bits per heavy atom. The van der Waals surface area contributed by atoms with E-state index >= 15 is 0 Å². The van der Waals surface area contributed by atoms with Crippen LogP contribution in [-0.2, 0) is 0 Å². The number of nitrogens with two attached hydrogens (primary N) is 1. The Hall–Kier alpha value is -0.120. The Bertz CT molecular complexity index is 253. The third-order valence-corrected chi connectivity index (χ3v) is 5.18. The maximum atomic E-state index is 10.4. The molecule has 0 aliphatic heterocycles. The minimum absolute atomic E-state index is 0.425. The molecule has 0 heterocycles. The molecule has 2 fully saturated rings. The van der Waals surface area contributed by atoms with Crippen molar-refractivity contribution >= 4 is 0 Å². The van der Waals surface area contributed by atoms with Crippen LogP contribution >= 0.6 is 0 Å². The zero-order valence-corrected chi connectivity index (χ0v) is 11.9. The average molecular weight is 254 g/mol. The fourth-order valence-corrected chi connectivity index (χ4v) is 3.91. The quantitative estimate of drug-likeness (QED) is 0.762. The van der Waals surface area contributed by atoms with Crippen LogP contribution in [0.1, 0.15) is 51.4 Å². The highest BCUT2D eigenvalue weighted by Gasteiger charge is 2.39. The molecule has 0 amide bonds. The van der Waals surface area contributed by atoms with E-state index < -0.39 is 5.60 Å². The third kappa shape index (κ3) is 3.46. The molecule has 3 N–H and O–H groups in total. The van der Waals surface area contributed by atoms with Crippen LogP contribution in [-0.4, -0.2) is 42.3 Å². The Balaban J connectivity index is 1.70. The summed E-state index contributed by atoms with van der Waals surface area (Å²) < 4.78 is 0. The minimum Gasteiger partial charge on any atom is -0.388 e. The van der Waals surface area contributed by atoms with E-state index in [4.69, 9.17) is 5.73 Å². The lowest BCUT2D eigenvalue weighted by atomic mass is 9.88. The molecule has 3 nitrogen and oxygen atoms in total. The van der Waals surface area contributed by atoms with Crippen LogP contribution in [0.2, 0.25) is 0 Å². The molecule has 0 radical (unpaired) electrons. The van der Waals surface area contributed by atoms with Gasteiger partial charge in [-0.05, 0) is 57.5 Å². The smallest absolute Gasteiger partial charge is 0.0797 e. The van der Waals surface area contributed by atoms with E-state index in [-0.39, 0.29) is 0 Å². The lowest BCUT2D eigenvalue weighted by Crippen LogP contribution is -2.42. The van der Waals surface area contributed by atoms with Crippen molar-refractivity contribution in [3.05, 3.63) is 0 Å². The Morgan fingerprint density at radius 1 is 1.22 bits per heavy atom. The molecule has 2 rings (SSSR count). The summed E-state index contributed by atoms with van der Waals surface area (Å²) >= 11 is 0. The van der Waals surface area contributed by atoms with E-state index in [0.29, 0.717) is 12.5 Å². The summed E-state index contributed by atoms with van der Waals surface area (Å²) in [7, 11) is 2.23. The van der Waals surface area contributed by atoms with E-state index in [0.717, 1.165) is 38.1 Å². The van der Waals surface area contributed by atoms with Crippen molar-refractivity contribution in [2.24, 2.45) is 17.6 Å². The van der Waals surface area contributed by atoms with Crippen LogP contribution in [0.15, 0.2) is 0 Å². The van der Waals surface area contributed by atoms with Crippen molar-refractivity contribution in [2.45, 2.75) is 57.0 Å². The monoisotopic (exact) mass is 254 g/mol. The number of rotatable bonds is 6. The molecule has 0 saturated heterocycles. The first-order chi connectivity index (χ1) is 8.64. The SMILES string of the molecule is CN(CCC1CCCC1(O)CN)CC1CCCC1. The normalized spacial score (nSPS) is 33.7. The van der Waals surface area contributed by atoms with E-state index in [9.17, 15) is 5.11 Å². The summed E-state index contributed by atoms with van der Waals surface area (Å²) in [6, 6.07) is 0. The number of hydrogen-bond donors (Lipinski definition) is 2. The van der Waals surface area contributed by atoms with Crippen LogP contribution in [0.25, 0.3) is 0 Å². The number of hydrogen-bond acceptors (Lipinski definition) is 3. The molecular formula is C15H30N2O. The summed E-state index contributed by atoms with van der Waals surface area (Å²) in [5.41, 5.74) is 5.17. The van der Waals surface area contributed by atoms with Crippen molar-refractivity contribution in [3.63, 3.8) is 0 Å². The maximum Gasteiger partial charge on any atom is 0.0797 e. The molecular weight excluding hydrogens is 224 g/mol. The lowest BCUT2D eigenvalue weighted by Gasteiger charge is -2.30. The molecule has 18 heavy (non-hydrogen) atoms. The predicted octanol–water partition coefficient (Wildman–Crippen LogP) is 1.99. The second kappa shape index (κ2) is 6.36. The van der Waals surface area contributed by atoms with Crippen molar-refractivity contribution in [1.29, 1.82) is 0 Å². The van der Waals surface area contributed by atoms with Crippen molar-refractivity contribution in [3.8, 4) is 0 Å². The van der Waals surface area contributed by atoms with Gasteiger partial charge in [-0.15, -0.1) is 0 Å². The molecule has 0 aromatic heterocycles. The molecule has 0 spiro atoms. The van der Waals surface area contributed by atoms with Gasteiger partial charge >= 0.3 is 0 Å². The van der Waals surface area contributed by atoms with Gasteiger partial charge in [-0.2, -0.15) is 0 Å². The van der Waals surface area contributed by atoms with Gasteiger partial charge in [0, 0.05) is 13.1 Å². The minimum atomic E-state index is -0.561. The second-order valence-corrected chi connectivity index (χ2v) is 6.60. The first-order valence-corrected chi connectivity index (χ1v) is 7.75. The van der Waals surface area contributed by atoms with Crippen LogP contribution in [0.5, 0.6) is 0 Å². The Labute approximate surface area is 112 Å². The summed E-state index contributed by atoms with van der Waals surface area (Å²) in [6.45, 7) is 2.79. The van der Waals surface area contributed by atoms with Crippen molar-refractivity contribution < 1.29 is 5.11 Å². The summed E-state index contributed by atoms with van der Waals surface area (Å²) in [6.07, 6.45) is 10.00. The van der Waals surface area contributed by atoms with Crippen LogP contribution in [0.3, 0.4) is 0 Å². The van der Waals surface area contributed by atoms with Crippen molar-refractivity contribution in [1.82, 2.24) is 4.90 Å². The summed E-state index contributed by atoms with van der Waals surface area (Å²) in [5.74, 6) is 1.35.